The molecule has 2 N–H and O–H groups in total. The van der Waals surface area contributed by atoms with Gasteiger partial charge in [0.05, 0.1) is 13.7 Å². The summed E-state index contributed by atoms with van der Waals surface area (Å²) in [7, 11) is 3.30. The van der Waals surface area contributed by atoms with Gasteiger partial charge in [0, 0.05) is 20.1 Å². The van der Waals surface area contributed by atoms with Gasteiger partial charge in [-0.3, -0.25) is 0 Å². The van der Waals surface area contributed by atoms with Crippen molar-refractivity contribution >= 4 is 6.03 Å². The second-order valence-corrected chi connectivity index (χ2v) is 5.23. The van der Waals surface area contributed by atoms with Crippen LogP contribution in [-0.2, 0) is 6.54 Å². The van der Waals surface area contributed by atoms with Crippen molar-refractivity contribution in [2.45, 2.75) is 6.54 Å². The molecule has 2 amide bonds. The second kappa shape index (κ2) is 8.19. The van der Waals surface area contributed by atoms with Crippen molar-refractivity contribution in [3.63, 3.8) is 0 Å². The predicted molar refractivity (Wildman–Crippen MR) is 90.4 cm³/mol. The first-order valence-corrected chi connectivity index (χ1v) is 7.47. The van der Waals surface area contributed by atoms with E-state index >= 15 is 0 Å². The Hall–Kier alpha value is -2.53. The van der Waals surface area contributed by atoms with Crippen LogP contribution in [0.5, 0.6) is 5.75 Å². The molecule has 122 valence electrons. The fraction of sp³-hybridized carbons (Fsp3) is 0.278. The molecule has 0 fully saturated rings. The minimum atomic E-state index is -0.196. The largest absolute Gasteiger partial charge is 0.497 e. The van der Waals surface area contributed by atoms with Crippen molar-refractivity contribution in [3.8, 4) is 16.9 Å². The number of ether oxygens (including phenoxy) is 1. The summed E-state index contributed by atoms with van der Waals surface area (Å²) in [5, 5.41) is 11.6. The fourth-order valence-corrected chi connectivity index (χ4v) is 2.16. The zero-order valence-corrected chi connectivity index (χ0v) is 13.5. The summed E-state index contributed by atoms with van der Waals surface area (Å²) < 4.78 is 5.16. The maximum Gasteiger partial charge on any atom is 0.317 e. The molecule has 2 rings (SSSR count). The maximum absolute atomic E-state index is 11.7. The van der Waals surface area contributed by atoms with Gasteiger partial charge in [-0.1, -0.05) is 36.4 Å². The molecular formula is C18H22N2O3. The molecule has 23 heavy (non-hydrogen) atoms. The topological polar surface area (TPSA) is 61.8 Å². The lowest BCUT2D eigenvalue weighted by atomic mass is 10.0. The summed E-state index contributed by atoms with van der Waals surface area (Å²) in [6.45, 7) is 0.736. The predicted octanol–water partition coefficient (Wildman–Crippen LogP) is 2.50. The van der Waals surface area contributed by atoms with Gasteiger partial charge in [0.2, 0.25) is 0 Å². The minimum Gasteiger partial charge on any atom is -0.497 e. The fourth-order valence-electron chi connectivity index (χ4n) is 2.16. The first-order chi connectivity index (χ1) is 11.1. The number of amides is 2. The molecule has 0 saturated heterocycles. The molecule has 0 saturated carbocycles. The molecule has 0 radical (unpaired) electrons. The quantitative estimate of drug-likeness (QED) is 0.861. The Morgan fingerprint density at radius 2 is 1.65 bits per heavy atom. The van der Waals surface area contributed by atoms with E-state index in [1.807, 2.05) is 48.5 Å². The molecule has 0 heterocycles. The highest BCUT2D eigenvalue weighted by Crippen LogP contribution is 2.22. The molecular weight excluding hydrogens is 292 g/mol. The molecule has 5 nitrogen and oxygen atoms in total. The highest BCUT2D eigenvalue weighted by molar-refractivity contribution is 5.73. The van der Waals surface area contributed by atoms with Gasteiger partial charge >= 0.3 is 6.03 Å². The highest BCUT2D eigenvalue weighted by atomic mass is 16.5. The number of carbonyl (C=O) groups excluding carboxylic acids is 1. The van der Waals surface area contributed by atoms with E-state index < -0.39 is 0 Å². The van der Waals surface area contributed by atoms with Crippen LogP contribution in [0.2, 0.25) is 0 Å². The molecule has 0 bridgehead atoms. The van der Waals surface area contributed by atoms with Crippen LogP contribution < -0.4 is 10.1 Å². The van der Waals surface area contributed by atoms with Crippen LogP contribution in [0.25, 0.3) is 11.1 Å². The number of hydrogen-bond acceptors (Lipinski definition) is 3. The van der Waals surface area contributed by atoms with Crippen LogP contribution in [0.4, 0.5) is 4.79 Å². The molecule has 0 spiro atoms. The van der Waals surface area contributed by atoms with Gasteiger partial charge in [-0.25, -0.2) is 4.79 Å². The lowest BCUT2D eigenvalue weighted by Gasteiger charge is -2.16. The molecule has 0 aromatic heterocycles. The average molecular weight is 314 g/mol. The summed E-state index contributed by atoms with van der Waals surface area (Å²) in [6.07, 6.45) is 0. The number of aliphatic hydroxyl groups is 1. The minimum absolute atomic E-state index is 0.0412. The molecule has 5 heteroatoms. The third-order valence-electron chi connectivity index (χ3n) is 3.60. The van der Waals surface area contributed by atoms with Crippen LogP contribution in [0, 0.1) is 0 Å². The lowest BCUT2D eigenvalue weighted by molar-refractivity contribution is 0.190. The van der Waals surface area contributed by atoms with Crippen LogP contribution in [0.1, 0.15) is 5.56 Å². The first-order valence-electron chi connectivity index (χ1n) is 7.47. The Kier molecular flexibility index (Phi) is 6.00. The highest BCUT2D eigenvalue weighted by Gasteiger charge is 2.06. The van der Waals surface area contributed by atoms with E-state index in [0.29, 0.717) is 13.1 Å². The van der Waals surface area contributed by atoms with Crippen LogP contribution in [-0.4, -0.2) is 43.3 Å². The number of methoxy groups -OCH3 is 1. The third-order valence-corrected chi connectivity index (χ3v) is 3.60. The summed E-state index contributed by atoms with van der Waals surface area (Å²) in [5.41, 5.74) is 3.25. The van der Waals surface area contributed by atoms with Gasteiger partial charge in [-0.05, 0) is 28.8 Å². The number of rotatable bonds is 6. The standard InChI is InChI=1S/C18H22N2O3/c1-20(11-12-21)18(22)19-13-14-3-5-15(6-4-14)16-7-9-17(23-2)10-8-16/h3-10,21H,11-13H2,1-2H3,(H,19,22). The zero-order chi connectivity index (χ0) is 16.7. The molecule has 0 aliphatic carbocycles. The van der Waals surface area contributed by atoms with Crippen LogP contribution in [0.3, 0.4) is 0 Å². The van der Waals surface area contributed by atoms with Gasteiger partial charge in [0.15, 0.2) is 0 Å². The van der Waals surface area contributed by atoms with E-state index in [2.05, 4.69) is 5.32 Å². The van der Waals surface area contributed by atoms with E-state index in [1.54, 1.807) is 14.2 Å². The molecule has 0 aliphatic heterocycles. The SMILES string of the molecule is COc1ccc(-c2ccc(CNC(=O)N(C)CCO)cc2)cc1. The maximum atomic E-state index is 11.7. The number of nitrogens with zero attached hydrogens (tertiary/aromatic N) is 1. The van der Waals surface area contributed by atoms with E-state index in [9.17, 15) is 4.79 Å². The number of nitrogens with one attached hydrogen (secondary N) is 1. The number of urea groups is 1. The Labute approximate surface area is 136 Å². The smallest absolute Gasteiger partial charge is 0.317 e. The molecule has 0 aliphatic rings. The summed E-state index contributed by atoms with van der Waals surface area (Å²) in [6, 6.07) is 15.7. The van der Waals surface area contributed by atoms with Gasteiger partial charge in [0.1, 0.15) is 5.75 Å². The molecule has 2 aromatic carbocycles. The molecule has 0 unspecified atom stereocenters. The van der Waals surface area contributed by atoms with Crippen molar-refractivity contribution < 1.29 is 14.6 Å². The Morgan fingerprint density at radius 3 is 2.17 bits per heavy atom. The summed E-state index contributed by atoms with van der Waals surface area (Å²) in [4.78, 5) is 13.2. The number of aliphatic hydroxyl groups excluding tert-OH is 1. The van der Waals surface area contributed by atoms with Crippen LogP contribution in [0.15, 0.2) is 48.5 Å². The number of hydrogen-bond donors (Lipinski definition) is 2. The van der Waals surface area contributed by atoms with Crippen molar-refractivity contribution in [2.24, 2.45) is 0 Å². The zero-order valence-electron chi connectivity index (χ0n) is 13.5. The Morgan fingerprint density at radius 1 is 1.09 bits per heavy atom. The monoisotopic (exact) mass is 314 g/mol. The Bertz CT molecular complexity index is 624. The lowest BCUT2D eigenvalue weighted by Crippen LogP contribution is -2.38. The summed E-state index contributed by atoms with van der Waals surface area (Å²) in [5.74, 6) is 0.833. The summed E-state index contributed by atoms with van der Waals surface area (Å²) >= 11 is 0. The average Bonchev–Trinajstić information content (AvgIpc) is 2.60. The first kappa shape index (κ1) is 16.8. The van der Waals surface area contributed by atoms with Crippen LogP contribution >= 0.6 is 0 Å². The second-order valence-electron chi connectivity index (χ2n) is 5.23. The van der Waals surface area contributed by atoms with Gasteiger partial charge in [-0.15, -0.1) is 0 Å². The normalized spacial score (nSPS) is 10.2. The van der Waals surface area contributed by atoms with E-state index in [1.165, 1.54) is 4.90 Å². The van der Waals surface area contributed by atoms with Crippen molar-refractivity contribution in [3.05, 3.63) is 54.1 Å². The van der Waals surface area contributed by atoms with Gasteiger partial charge in [-0.2, -0.15) is 0 Å². The van der Waals surface area contributed by atoms with Gasteiger partial charge in [0.25, 0.3) is 0 Å². The van der Waals surface area contributed by atoms with Crippen molar-refractivity contribution in [1.82, 2.24) is 10.2 Å². The van der Waals surface area contributed by atoms with Crippen molar-refractivity contribution in [1.29, 1.82) is 0 Å². The number of likely N-dealkylation sites (N-methyl/N-ethyl adjacent to an activating group) is 1. The van der Waals surface area contributed by atoms with E-state index in [0.717, 1.165) is 22.4 Å². The molecule has 2 aromatic rings. The molecule has 0 atom stereocenters. The Balaban J connectivity index is 1.95. The van der Waals surface area contributed by atoms with Gasteiger partial charge < -0.3 is 20.1 Å². The number of carbonyl (C=O) groups is 1. The number of benzene rings is 2. The third kappa shape index (κ3) is 4.72. The van der Waals surface area contributed by atoms with E-state index in [-0.39, 0.29) is 12.6 Å². The van der Waals surface area contributed by atoms with E-state index in [4.69, 9.17) is 9.84 Å². The van der Waals surface area contributed by atoms with Crippen molar-refractivity contribution in [2.75, 3.05) is 27.3 Å².